The number of carbonyl (C=O) groups excluding carboxylic acids is 1. The highest BCUT2D eigenvalue weighted by Gasteiger charge is 2.35. The van der Waals surface area contributed by atoms with Gasteiger partial charge in [0.25, 0.3) is 0 Å². The van der Waals surface area contributed by atoms with E-state index in [4.69, 9.17) is 5.73 Å². The lowest BCUT2D eigenvalue weighted by molar-refractivity contribution is -0.127. The summed E-state index contributed by atoms with van der Waals surface area (Å²) in [6.45, 7) is 0. The van der Waals surface area contributed by atoms with Crippen molar-refractivity contribution in [3.05, 3.63) is 35.9 Å². The third kappa shape index (κ3) is 3.21. The van der Waals surface area contributed by atoms with Gasteiger partial charge >= 0.3 is 0 Å². The zero-order chi connectivity index (χ0) is 13.9. The van der Waals surface area contributed by atoms with Crippen LogP contribution in [0.15, 0.2) is 30.3 Å². The van der Waals surface area contributed by atoms with E-state index in [2.05, 4.69) is 17.4 Å². The molecule has 2 aliphatic rings. The van der Waals surface area contributed by atoms with Gasteiger partial charge in [-0.3, -0.25) is 4.79 Å². The van der Waals surface area contributed by atoms with Crippen molar-refractivity contribution in [3.63, 3.8) is 0 Å². The molecule has 108 valence electrons. The number of hydrogen-bond donors (Lipinski definition) is 2. The van der Waals surface area contributed by atoms with E-state index in [9.17, 15) is 4.79 Å². The Labute approximate surface area is 120 Å². The molecule has 0 bridgehead atoms. The van der Waals surface area contributed by atoms with Crippen LogP contribution in [0.1, 0.15) is 50.1 Å². The summed E-state index contributed by atoms with van der Waals surface area (Å²) < 4.78 is 0. The van der Waals surface area contributed by atoms with Crippen LogP contribution in [0, 0.1) is 11.8 Å². The summed E-state index contributed by atoms with van der Waals surface area (Å²) in [5.74, 6) is 0.947. The van der Waals surface area contributed by atoms with E-state index in [0.29, 0.717) is 5.92 Å². The first-order chi connectivity index (χ1) is 9.74. The molecule has 0 radical (unpaired) electrons. The monoisotopic (exact) mass is 272 g/mol. The molecule has 0 spiro atoms. The number of nitrogens with two attached hydrogens (primary N) is 1. The molecule has 3 atom stereocenters. The third-order valence-corrected chi connectivity index (χ3v) is 4.64. The van der Waals surface area contributed by atoms with E-state index in [1.54, 1.807) is 0 Å². The molecule has 3 heteroatoms. The second kappa shape index (κ2) is 5.96. The minimum Gasteiger partial charge on any atom is -0.349 e. The van der Waals surface area contributed by atoms with Crippen LogP contribution in [0.25, 0.3) is 0 Å². The Kier molecular flexibility index (Phi) is 4.06. The number of nitrogens with one attached hydrogen (secondary N) is 1. The van der Waals surface area contributed by atoms with E-state index in [1.807, 2.05) is 18.2 Å². The van der Waals surface area contributed by atoms with Crippen molar-refractivity contribution < 1.29 is 4.79 Å². The smallest absolute Gasteiger partial charge is 0.223 e. The number of rotatable bonds is 4. The molecular formula is C17H24N2O. The molecule has 0 aromatic heterocycles. The molecule has 3 rings (SSSR count). The van der Waals surface area contributed by atoms with Gasteiger partial charge in [0.2, 0.25) is 5.91 Å². The van der Waals surface area contributed by atoms with E-state index < -0.39 is 0 Å². The Balaban J connectivity index is 1.66. The third-order valence-electron chi connectivity index (χ3n) is 4.64. The Morgan fingerprint density at radius 2 is 1.90 bits per heavy atom. The molecule has 2 fully saturated rings. The molecule has 1 aromatic carbocycles. The molecule has 0 heterocycles. The molecule has 1 amide bonds. The molecule has 3 unspecified atom stereocenters. The Morgan fingerprint density at radius 1 is 1.15 bits per heavy atom. The maximum absolute atomic E-state index is 12.5. The molecule has 0 saturated heterocycles. The fourth-order valence-corrected chi connectivity index (χ4v) is 3.30. The summed E-state index contributed by atoms with van der Waals surface area (Å²) in [6.07, 6.45) is 6.44. The maximum Gasteiger partial charge on any atom is 0.223 e. The predicted octanol–water partition coefficient (Wildman–Crippen LogP) is 2.77. The van der Waals surface area contributed by atoms with Crippen molar-refractivity contribution in [1.29, 1.82) is 0 Å². The molecule has 1 aromatic rings. The molecule has 3 N–H and O–H groups in total. The van der Waals surface area contributed by atoms with Crippen LogP contribution in [0.5, 0.6) is 0 Å². The van der Waals surface area contributed by atoms with Crippen LogP contribution in [0.4, 0.5) is 0 Å². The van der Waals surface area contributed by atoms with Crippen LogP contribution in [-0.4, -0.2) is 11.9 Å². The highest BCUT2D eigenvalue weighted by molar-refractivity contribution is 5.79. The number of benzene rings is 1. The Morgan fingerprint density at radius 3 is 2.55 bits per heavy atom. The molecule has 3 nitrogen and oxygen atoms in total. The van der Waals surface area contributed by atoms with Crippen molar-refractivity contribution in [3.8, 4) is 0 Å². The van der Waals surface area contributed by atoms with E-state index >= 15 is 0 Å². The Bertz CT molecular complexity index is 455. The average molecular weight is 272 g/mol. The lowest BCUT2D eigenvalue weighted by atomic mass is 9.85. The Hall–Kier alpha value is -1.35. The first-order valence-electron chi connectivity index (χ1n) is 7.85. The molecule has 0 aliphatic heterocycles. The standard InChI is InChI=1S/C17H24N2O/c18-15-8-4-7-14(11-15)17(20)19-16(13-9-10-13)12-5-2-1-3-6-12/h1-3,5-6,13-16H,4,7-11,18H2,(H,19,20). The maximum atomic E-state index is 12.5. The topological polar surface area (TPSA) is 55.1 Å². The largest absolute Gasteiger partial charge is 0.349 e. The van der Waals surface area contributed by atoms with Crippen molar-refractivity contribution in [2.75, 3.05) is 0 Å². The van der Waals surface area contributed by atoms with Crippen molar-refractivity contribution >= 4 is 5.91 Å². The molecule has 2 saturated carbocycles. The first kappa shape index (κ1) is 13.6. The van der Waals surface area contributed by atoms with Gasteiger partial charge in [0.1, 0.15) is 0 Å². The van der Waals surface area contributed by atoms with E-state index in [1.165, 1.54) is 18.4 Å². The van der Waals surface area contributed by atoms with Crippen LogP contribution in [0.2, 0.25) is 0 Å². The number of carbonyl (C=O) groups is 1. The average Bonchev–Trinajstić information content (AvgIpc) is 3.30. The lowest BCUT2D eigenvalue weighted by Gasteiger charge is -2.28. The van der Waals surface area contributed by atoms with Crippen molar-refractivity contribution in [2.24, 2.45) is 17.6 Å². The summed E-state index contributed by atoms with van der Waals surface area (Å²) in [4.78, 5) is 12.5. The summed E-state index contributed by atoms with van der Waals surface area (Å²) >= 11 is 0. The van der Waals surface area contributed by atoms with Gasteiger partial charge in [-0.2, -0.15) is 0 Å². The predicted molar refractivity (Wildman–Crippen MR) is 80.0 cm³/mol. The highest BCUT2D eigenvalue weighted by Crippen LogP contribution is 2.41. The SMILES string of the molecule is NC1CCCC(C(=O)NC(c2ccccc2)C2CC2)C1. The summed E-state index contributed by atoms with van der Waals surface area (Å²) in [7, 11) is 0. The second-order valence-corrected chi connectivity index (χ2v) is 6.36. The molecule has 20 heavy (non-hydrogen) atoms. The van der Waals surface area contributed by atoms with Crippen LogP contribution in [-0.2, 0) is 4.79 Å². The highest BCUT2D eigenvalue weighted by atomic mass is 16.1. The second-order valence-electron chi connectivity index (χ2n) is 6.36. The van der Waals surface area contributed by atoms with Crippen LogP contribution in [0.3, 0.4) is 0 Å². The van der Waals surface area contributed by atoms with E-state index in [0.717, 1.165) is 25.7 Å². The van der Waals surface area contributed by atoms with Gasteiger partial charge < -0.3 is 11.1 Å². The van der Waals surface area contributed by atoms with Crippen molar-refractivity contribution in [2.45, 2.75) is 50.6 Å². The van der Waals surface area contributed by atoms with Crippen LogP contribution >= 0.6 is 0 Å². The van der Waals surface area contributed by atoms with Crippen LogP contribution < -0.4 is 11.1 Å². The minimum absolute atomic E-state index is 0.115. The van der Waals surface area contributed by atoms with Gasteiger partial charge in [-0.25, -0.2) is 0 Å². The first-order valence-corrected chi connectivity index (χ1v) is 7.85. The van der Waals surface area contributed by atoms with Gasteiger partial charge in [0.15, 0.2) is 0 Å². The fourth-order valence-electron chi connectivity index (χ4n) is 3.30. The van der Waals surface area contributed by atoms with Gasteiger partial charge in [-0.05, 0) is 43.6 Å². The van der Waals surface area contributed by atoms with Crippen molar-refractivity contribution in [1.82, 2.24) is 5.32 Å². The number of hydrogen-bond acceptors (Lipinski definition) is 2. The fraction of sp³-hybridized carbons (Fsp3) is 0.588. The minimum atomic E-state index is 0.115. The summed E-state index contributed by atoms with van der Waals surface area (Å²) in [5.41, 5.74) is 7.24. The quantitative estimate of drug-likeness (QED) is 0.885. The number of amides is 1. The van der Waals surface area contributed by atoms with Gasteiger partial charge in [0, 0.05) is 12.0 Å². The zero-order valence-corrected chi connectivity index (χ0v) is 11.9. The zero-order valence-electron chi connectivity index (χ0n) is 11.9. The van der Waals surface area contributed by atoms with E-state index in [-0.39, 0.29) is 23.9 Å². The molecular weight excluding hydrogens is 248 g/mol. The summed E-state index contributed by atoms with van der Waals surface area (Å²) in [5, 5.41) is 3.29. The van der Waals surface area contributed by atoms with Gasteiger partial charge in [-0.15, -0.1) is 0 Å². The molecule has 2 aliphatic carbocycles. The normalized spacial score (nSPS) is 27.9. The lowest BCUT2D eigenvalue weighted by Crippen LogP contribution is -2.39. The van der Waals surface area contributed by atoms with Gasteiger partial charge in [-0.1, -0.05) is 36.8 Å². The van der Waals surface area contributed by atoms with Gasteiger partial charge in [0.05, 0.1) is 6.04 Å². The summed E-state index contributed by atoms with van der Waals surface area (Å²) in [6, 6.07) is 10.8.